The number of halogens is 1. The van der Waals surface area contributed by atoms with Gasteiger partial charge in [-0.2, -0.15) is 4.39 Å². The van der Waals surface area contributed by atoms with E-state index in [1.54, 1.807) is 6.07 Å². The van der Waals surface area contributed by atoms with E-state index in [1.165, 1.54) is 12.3 Å². The van der Waals surface area contributed by atoms with Gasteiger partial charge in [-0.3, -0.25) is 4.90 Å². The standard InChI is InChI=1S/C23H31FN2O5/c24-21-9-8-18(12-25-21)17-6-4-16(5-7-17)15-31-11-3-1-2-10-26-13-20(28)23(30)22(29)19(26)14-27/h4-9,12,19-20,22-23,27-30H,1-3,10-11,13-15H2/t19?,20-,22+,23+/m0/s1. The number of hydrogen-bond acceptors (Lipinski definition) is 7. The highest BCUT2D eigenvalue weighted by molar-refractivity contribution is 5.62. The third kappa shape index (κ3) is 6.52. The highest BCUT2D eigenvalue weighted by Gasteiger charge is 2.40. The summed E-state index contributed by atoms with van der Waals surface area (Å²) >= 11 is 0. The highest BCUT2D eigenvalue weighted by Crippen LogP contribution is 2.20. The zero-order chi connectivity index (χ0) is 22.2. The maximum absolute atomic E-state index is 12.9. The Labute approximate surface area is 181 Å². The first-order chi connectivity index (χ1) is 15.0. The fourth-order valence-corrected chi connectivity index (χ4v) is 3.86. The van der Waals surface area contributed by atoms with Crippen LogP contribution in [-0.2, 0) is 11.3 Å². The Morgan fingerprint density at radius 2 is 1.71 bits per heavy atom. The van der Waals surface area contributed by atoms with Crippen molar-refractivity contribution in [1.29, 1.82) is 0 Å². The molecule has 1 fully saturated rings. The van der Waals surface area contributed by atoms with Gasteiger partial charge in [0.05, 0.1) is 25.4 Å². The summed E-state index contributed by atoms with van der Waals surface area (Å²) in [7, 11) is 0. The summed E-state index contributed by atoms with van der Waals surface area (Å²) in [5.41, 5.74) is 2.89. The molecule has 1 aliphatic rings. The van der Waals surface area contributed by atoms with Crippen molar-refractivity contribution in [3.05, 3.63) is 54.1 Å². The van der Waals surface area contributed by atoms with Crippen LogP contribution in [0.1, 0.15) is 24.8 Å². The number of unbranched alkanes of at least 4 members (excludes halogenated alkanes) is 2. The Bertz CT molecular complexity index is 790. The van der Waals surface area contributed by atoms with Crippen LogP contribution < -0.4 is 0 Å². The van der Waals surface area contributed by atoms with Gasteiger partial charge in [0.2, 0.25) is 5.95 Å². The first-order valence-corrected chi connectivity index (χ1v) is 10.7. The Morgan fingerprint density at radius 3 is 2.39 bits per heavy atom. The minimum Gasteiger partial charge on any atom is -0.395 e. The lowest BCUT2D eigenvalue weighted by Gasteiger charge is -2.43. The highest BCUT2D eigenvalue weighted by atomic mass is 19.1. The molecule has 1 unspecified atom stereocenters. The molecule has 8 heteroatoms. The average Bonchev–Trinajstić information content (AvgIpc) is 2.78. The van der Waals surface area contributed by atoms with E-state index in [9.17, 15) is 24.8 Å². The Balaban J connectivity index is 1.32. The molecule has 3 rings (SSSR count). The number of ether oxygens (including phenoxy) is 1. The second-order valence-electron chi connectivity index (χ2n) is 7.97. The van der Waals surface area contributed by atoms with Gasteiger partial charge in [0, 0.05) is 24.9 Å². The van der Waals surface area contributed by atoms with E-state index in [0.717, 1.165) is 36.0 Å². The fraction of sp³-hybridized carbons (Fsp3) is 0.522. The van der Waals surface area contributed by atoms with Crippen molar-refractivity contribution in [3.63, 3.8) is 0 Å². The summed E-state index contributed by atoms with van der Waals surface area (Å²) in [5, 5.41) is 39.1. The predicted octanol–water partition coefficient (Wildman–Crippen LogP) is 1.33. The second-order valence-corrected chi connectivity index (χ2v) is 7.97. The molecule has 4 N–H and O–H groups in total. The number of β-amino-alcohol motifs (C(OH)–C–C–N with tert-alkyl or cyclic N) is 1. The number of piperidine rings is 1. The van der Waals surface area contributed by atoms with Crippen LogP contribution in [0.25, 0.3) is 11.1 Å². The van der Waals surface area contributed by atoms with Crippen molar-refractivity contribution in [2.24, 2.45) is 0 Å². The van der Waals surface area contributed by atoms with Gasteiger partial charge in [-0.1, -0.05) is 24.3 Å². The van der Waals surface area contributed by atoms with Gasteiger partial charge in [0.25, 0.3) is 0 Å². The summed E-state index contributed by atoms with van der Waals surface area (Å²) < 4.78 is 18.7. The van der Waals surface area contributed by atoms with Crippen LogP contribution in [0, 0.1) is 5.95 Å². The molecule has 0 bridgehead atoms. The first kappa shape index (κ1) is 23.7. The number of aliphatic hydroxyl groups excluding tert-OH is 4. The number of hydrogen-bond donors (Lipinski definition) is 4. The minimum absolute atomic E-state index is 0.240. The number of benzene rings is 1. The molecule has 2 aromatic rings. The zero-order valence-electron chi connectivity index (χ0n) is 17.5. The second kappa shape index (κ2) is 11.6. The monoisotopic (exact) mass is 434 g/mol. The quantitative estimate of drug-likeness (QED) is 0.330. The molecule has 1 aliphatic heterocycles. The number of likely N-dealkylation sites (tertiary alicyclic amines) is 1. The van der Waals surface area contributed by atoms with Crippen LogP contribution >= 0.6 is 0 Å². The van der Waals surface area contributed by atoms with E-state index in [1.807, 2.05) is 29.2 Å². The summed E-state index contributed by atoms with van der Waals surface area (Å²) in [6.45, 7) is 1.74. The summed E-state index contributed by atoms with van der Waals surface area (Å²) in [4.78, 5) is 5.50. The van der Waals surface area contributed by atoms with Crippen LogP contribution in [-0.4, -0.2) is 81.0 Å². The third-order valence-corrected chi connectivity index (χ3v) is 5.73. The summed E-state index contributed by atoms with van der Waals surface area (Å²) in [6.07, 6.45) is 0.773. The van der Waals surface area contributed by atoms with Crippen LogP contribution in [0.2, 0.25) is 0 Å². The number of aliphatic hydroxyl groups is 4. The van der Waals surface area contributed by atoms with Crippen LogP contribution in [0.5, 0.6) is 0 Å². The molecule has 0 radical (unpaired) electrons. The first-order valence-electron chi connectivity index (χ1n) is 10.7. The molecule has 1 aromatic heterocycles. The third-order valence-electron chi connectivity index (χ3n) is 5.73. The molecule has 31 heavy (non-hydrogen) atoms. The molecule has 0 spiro atoms. The Morgan fingerprint density at radius 1 is 0.968 bits per heavy atom. The van der Waals surface area contributed by atoms with Gasteiger partial charge in [-0.25, -0.2) is 4.98 Å². The molecule has 0 saturated carbocycles. The van der Waals surface area contributed by atoms with E-state index in [4.69, 9.17) is 4.74 Å². The van der Waals surface area contributed by atoms with Gasteiger partial charge in [0.1, 0.15) is 12.2 Å². The van der Waals surface area contributed by atoms with Gasteiger partial charge in [0.15, 0.2) is 0 Å². The van der Waals surface area contributed by atoms with E-state index in [2.05, 4.69) is 4.98 Å². The van der Waals surface area contributed by atoms with Gasteiger partial charge in [-0.05, 0) is 49.1 Å². The fourth-order valence-electron chi connectivity index (χ4n) is 3.86. The number of pyridine rings is 1. The van der Waals surface area contributed by atoms with Crippen molar-refractivity contribution < 1.29 is 29.6 Å². The zero-order valence-corrected chi connectivity index (χ0v) is 17.5. The predicted molar refractivity (Wildman–Crippen MR) is 114 cm³/mol. The topological polar surface area (TPSA) is 106 Å². The van der Waals surface area contributed by atoms with Gasteiger partial charge in [-0.15, -0.1) is 0 Å². The maximum atomic E-state index is 12.9. The van der Waals surface area contributed by atoms with E-state index < -0.39 is 30.3 Å². The van der Waals surface area contributed by atoms with E-state index >= 15 is 0 Å². The van der Waals surface area contributed by atoms with Crippen molar-refractivity contribution in [2.75, 3.05) is 26.3 Å². The van der Waals surface area contributed by atoms with Crippen LogP contribution in [0.15, 0.2) is 42.6 Å². The SMILES string of the molecule is OCC1[C@@H](O)[C@H](O)[C@@H](O)CN1CCCCCOCc1ccc(-c2ccc(F)nc2)cc1. The van der Waals surface area contributed by atoms with Crippen LogP contribution in [0.3, 0.4) is 0 Å². The molecule has 2 heterocycles. The number of nitrogens with zero attached hydrogens (tertiary/aromatic N) is 2. The minimum atomic E-state index is -1.22. The van der Waals surface area contributed by atoms with E-state index in [0.29, 0.717) is 19.8 Å². The lowest BCUT2D eigenvalue weighted by atomic mass is 9.94. The Hall–Kier alpha value is -1.94. The normalized spacial score (nSPS) is 24.4. The molecular weight excluding hydrogens is 403 g/mol. The lowest BCUT2D eigenvalue weighted by molar-refractivity contribution is -0.145. The van der Waals surface area contributed by atoms with Crippen molar-refractivity contribution in [3.8, 4) is 11.1 Å². The molecule has 0 amide bonds. The van der Waals surface area contributed by atoms with Crippen molar-refractivity contribution in [2.45, 2.75) is 50.2 Å². The van der Waals surface area contributed by atoms with Crippen LogP contribution in [0.4, 0.5) is 4.39 Å². The largest absolute Gasteiger partial charge is 0.395 e. The van der Waals surface area contributed by atoms with Crippen molar-refractivity contribution in [1.82, 2.24) is 9.88 Å². The maximum Gasteiger partial charge on any atom is 0.212 e. The molecule has 0 aliphatic carbocycles. The number of rotatable bonds is 10. The summed E-state index contributed by atoms with van der Waals surface area (Å²) in [5.74, 6) is -0.494. The molecule has 170 valence electrons. The summed E-state index contributed by atoms with van der Waals surface area (Å²) in [6, 6.07) is 10.4. The molecule has 1 aromatic carbocycles. The van der Waals surface area contributed by atoms with Gasteiger partial charge >= 0.3 is 0 Å². The molecular formula is C23H31FN2O5. The smallest absolute Gasteiger partial charge is 0.212 e. The number of aromatic nitrogens is 1. The van der Waals surface area contributed by atoms with Gasteiger partial charge < -0.3 is 25.2 Å². The average molecular weight is 435 g/mol. The Kier molecular flexibility index (Phi) is 8.89. The van der Waals surface area contributed by atoms with Crippen molar-refractivity contribution >= 4 is 0 Å². The lowest BCUT2D eigenvalue weighted by Crippen LogP contribution is -2.62. The molecule has 1 saturated heterocycles. The van der Waals surface area contributed by atoms with E-state index in [-0.39, 0.29) is 13.2 Å². The molecule has 4 atom stereocenters. The molecule has 7 nitrogen and oxygen atoms in total.